The van der Waals surface area contributed by atoms with E-state index in [0.717, 1.165) is 29.8 Å². The van der Waals surface area contributed by atoms with Crippen LogP contribution in [0.15, 0.2) is 18.2 Å². The van der Waals surface area contributed by atoms with Crippen molar-refractivity contribution >= 4 is 5.91 Å². The van der Waals surface area contributed by atoms with Crippen LogP contribution in [-0.2, 0) is 4.79 Å². The van der Waals surface area contributed by atoms with Crippen molar-refractivity contribution in [2.45, 2.75) is 39.7 Å². The summed E-state index contributed by atoms with van der Waals surface area (Å²) in [5.74, 6) is 1.18. The van der Waals surface area contributed by atoms with Gasteiger partial charge in [0.05, 0.1) is 19.1 Å². The number of carbonyl (C=O) groups excluding carboxylic acids is 1. The predicted octanol–water partition coefficient (Wildman–Crippen LogP) is 2.30. The minimum absolute atomic E-state index is 0.114. The molecule has 0 aromatic heterocycles. The number of ether oxygens (including phenoxy) is 1. The van der Waals surface area contributed by atoms with Gasteiger partial charge in [-0.1, -0.05) is 12.1 Å². The Morgan fingerprint density at radius 3 is 2.90 bits per heavy atom. The van der Waals surface area contributed by atoms with E-state index in [1.165, 1.54) is 0 Å². The fourth-order valence-electron chi connectivity index (χ4n) is 2.68. The number of hydrogen-bond acceptors (Lipinski definition) is 3. The molecule has 116 valence electrons. The minimum atomic E-state index is -0.339. The Morgan fingerprint density at radius 2 is 2.24 bits per heavy atom. The molecule has 1 aliphatic heterocycles. The van der Waals surface area contributed by atoms with Gasteiger partial charge >= 0.3 is 0 Å². The molecule has 4 heteroatoms. The molecule has 2 atom stereocenters. The molecule has 1 aromatic carbocycles. The summed E-state index contributed by atoms with van der Waals surface area (Å²) in [5, 5.41) is 9.57. The van der Waals surface area contributed by atoms with Gasteiger partial charge in [-0.2, -0.15) is 0 Å². The summed E-state index contributed by atoms with van der Waals surface area (Å²) in [6, 6.07) is 6.08. The first-order chi connectivity index (χ1) is 9.97. The van der Waals surface area contributed by atoms with Crippen LogP contribution in [0.3, 0.4) is 0 Å². The third kappa shape index (κ3) is 4.21. The molecule has 1 fully saturated rings. The lowest BCUT2D eigenvalue weighted by Gasteiger charge is -2.18. The van der Waals surface area contributed by atoms with E-state index in [1.54, 1.807) is 6.92 Å². The number of amides is 1. The Labute approximate surface area is 126 Å². The van der Waals surface area contributed by atoms with Gasteiger partial charge in [0.2, 0.25) is 5.91 Å². The molecule has 0 saturated carbocycles. The summed E-state index contributed by atoms with van der Waals surface area (Å²) in [6.45, 7) is 7.64. The number of hydrogen-bond donors (Lipinski definition) is 1. The predicted molar refractivity (Wildman–Crippen MR) is 82.4 cm³/mol. The molecule has 21 heavy (non-hydrogen) atoms. The molecule has 2 unspecified atom stereocenters. The highest BCUT2D eigenvalue weighted by atomic mass is 16.5. The van der Waals surface area contributed by atoms with Crippen LogP contribution >= 0.6 is 0 Å². The second kappa shape index (κ2) is 6.94. The first kappa shape index (κ1) is 15.8. The zero-order valence-corrected chi connectivity index (χ0v) is 13.1. The molecule has 1 aliphatic rings. The zero-order chi connectivity index (χ0) is 15.4. The van der Waals surface area contributed by atoms with E-state index in [-0.39, 0.29) is 17.9 Å². The van der Waals surface area contributed by atoms with Gasteiger partial charge in [0, 0.05) is 19.0 Å². The number of rotatable bonds is 5. The van der Waals surface area contributed by atoms with Gasteiger partial charge in [-0.05, 0) is 44.4 Å². The normalized spacial score (nSPS) is 19.6. The maximum atomic E-state index is 12.1. The number of nitrogens with zero attached hydrogens (tertiary/aromatic N) is 1. The van der Waals surface area contributed by atoms with Crippen molar-refractivity contribution in [1.29, 1.82) is 0 Å². The van der Waals surface area contributed by atoms with Crippen molar-refractivity contribution in [2.24, 2.45) is 5.92 Å². The third-order valence-corrected chi connectivity index (χ3v) is 4.18. The molecular weight excluding hydrogens is 266 g/mol. The highest BCUT2D eigenvalue weighted by Crippen LogP contribution is 2.21. The topological polar surface area (TPSA) is 49.8 Å². The summed E-state index contributed by atoms with van der Waals surface area (Å²) in [7, 11) is 0. The molecular formula is C17H25NO3. The standard InChI is InChI=1S/C17H25NO3/c1-12-4-5-13(2)16(10-12)21-9-7-17(20)18-8-6-15(11-18)14(3)19/h4-5,10,14-15,19H,6-9,11H2,1-3H3. The van der Waals surface area contributed by atoms with E-state index in [2.05, 4.69) is 0 Å². The van der Waals surface area contributed by atoms with Crippen LogP contribution in [0.1, 0.15) is 30.9 Å². The van der Waals surface area contributed by atoms with Gasteiger partial charge in [0.1, 0.15) is 5.75 Å². The number of aliphatic hydroxyl groups is 1. The number of aryl methyl sites for hydroxylation is 2. The van der Waals surface area contributed by atoms with Gasteiger partial charge in [-0.3, -0.25) is 4.79 Å². The van der Waals surface area contributed by atoms with Gasteiger partial charge in [0.25, 0.3) is 0 Å². The van der Waals surface area contributed by atoms with Crippen molar-refractivity contribution in [1.82, 2.24) is 4.90 Å². The number of benzene rings is 1. The average Bonchev–Trinajstić information content (AvgIpc) is 2.92. The van der Waals surface area contributed by atoms with E-state index in [1.807, 2.05) is 36.9 Å². The average molecular weight is 291 g/mol. The van der Waals surface area contributed by atoms with Gasteiger partial charge in [-0.15, -0.1) is 0 Å². The third-order valence-electron chi connectivity index (χ3n) is 4.18. The van der Waals surface area contributed by atoms with Crippen molar-refractivity contribution in [2.75, 3.05) is 19.7 Å². The van der Waals surface area contributed by atoms with Crippen LogP contribution in [0.2, 0.25) is 0 Å². The molecule has 0 bridgehead atoms. The molecule has 1 N–H and O–H groups in total. The number of likely N-dealkylation sites (tertiary alicyclic amines) is 1. The van der Waals surface area contributed by atoms with E-state index < -0.39 is 0 Å². The van der Waals surface area contributed by atoms with Crippen LogP contribution in [0.5, 0.6) is 5.75 Å². The smallest absolute Gasteiger partial charge is 0.226 e. The summed E-state index contributed by atoms with van der Waals surface area (Å²) in [5.41, 5.74) is 2.24. The molecule has 0 aliphatic carbocycles. The molecule has 4 nitrogen and oxygen atoms in total. The number of aliphatic hydroxyl groups excluding tert-OH is 1. The molecule has 1 heterocycles. The lowest BCUT2D eigenvalue weighted by molar-refractivity contribution is -0.130. The lowest BCUT2D eigenvalue weighted by Crippen LogP contribution is -2.31. The van der Waals surface area contributed by atoms with E-state index in [0.29, 0.717) is 19.6 Å². The second-order valence-corrected chi connectivity index (χ2v) is 6.00. The highest BCUT2D eigenvalue weighted by Gasteiger charge is 2.28. The van der Waals surface area contributed by atoms with E-state index >= 15 is 0 Å². The summed E-state index contributed by atoms with van der Waals surface area (Å²) < 4.78 is 5.73. The van der Waals surface area contributed by atoms with Gasteiger partial charge in [-0.25, -0.2) is 0 Å². The molecule has 1 aromatic rings. The summed E-state index contributed by atoms with van der Waals surface area (Å²) >= 11 is 0. The fourth-order valence-corrected chi connectivity index (χ4v) is 2.68. The van der Waals surface area contributed by atoms with Crippen molar-refractivity contribution in [3.05, 3.63) is 29.3 Å². The van der Waals surface area contributed by atoms with Gasteiger partial charge < -0.3 is 14.7 Å². The fraction of sp³-hybridized carbons (Fsp3) is 0.588. The molecule has 2 rings (SSSR count). The van der Waals surface area contributed by atoms with Crippen LogP contribution in [0.25, 0.3) is 0 Å². The van der Waals surface area contributed by atoms with Crippen LogP contribution < -0.4 is 4.74 Å². The summed E-state index contributed by atoms with van der Waals surface area (Å²) in [6.07, 6.45) is 0.940. The molecule has 1 saturated heterocycles. The quantitative estimate of drug-likeness (QED) is 0.905. The van der Waals surface area contributed by atoms with Crippen LogP contribution in [0, 0.1) is 19.8 Å². The SMILES string of the molecule is Cc1ccc(C)c(OCCC(=O)N2CCC(C(C)O)C2)c1. The van der Waals surface area contributed by atoms with Crippen molar-refractivity contribution < 1.29 is 14.6 Å². The Bertz CT molecular complexity index is 499. The second-order valence-electron chi connectivity index (χ2n) is 6.00. The Hall–Kier alpha value is -1.55. The van der Waals surface area contributed by atoms with Crippen molar-refractivity contribution in [3.8, 4) is 5.75 Å². The molecule has 0 radical (unpaired) electrons. The first-order valence-corrected chi connectivity index (χ1v) is 7.63. The first-order valence-electron chi connectivity index (χ1n) is 7.63. The van der Waals surface area contributed by atoms with Gasteiger partial charge in [0.15, 0.2) is 0 Å². The Morgan fingerprint density at radius 1 is 1.48 bits per heavy atom. The lowest BCUT2D eigenvalue weighted by atomic mass is 10.0. The Kier molecular flexibility index (Phi) is 5.23. The monoisotopic (exact) mass is 291 g/mol. The van der Waals surface area contributed by atoms with E-state index in [9.17, 15) is 9.90 Å². The maximum Gasteiger partial charge on any atom is 0.226 e. The zero-order valence-electron chi connectivity index (χ0n) is 13.1. The highest BCUT2D eigenvalue weighted by molar-refractivity contribution is 5.76. The maximum absolute atomic E-state index is 12.1. The van der Waals surface area contributed by atoms with Crippen LogP contribution in [0.4, 0.5) is 0 Å². The largest absolute Gasteiger partial charge is 0.493 e. The molecule has 0 spiro atoms. The Balaban J connectivity index is 1.78. The van der Waals surface area contributed by atoms with E-state index in [4.69, 9.17) is 4.74 Å². The number of carbonyl (C=O) groups is 1. The van der Waals surface area contributed by atoms with Crippen molar-refractivity contribution in [3.63, 3.8) is 0 Å². The minimum Gasteiger partial charge on any atom is -0.493 e. The summed E-state index contributed by atoms with van der Waals surface area (Å²) in [4.78, 5) is 14.0. The molecule has 1 amide bonds. The van der Waals surface area contributed by atoms with Crippen LogP contribution in [-0.4, -0.2) is 41.7 Å².